The maximum absolute atomic E-state index is 12.2. The molecular weight excluding hydrogens is 206 g/mol. The van der Waals surface area contributed by atoms with E-state index in [0.29, 0.717) is 0 Å². The van der Waals surface area contributed by atoms with Gasteiger partial charge < -0.3 is 10.8 Å². The molecule has 1 saturated carbocycles. The third-order valence-electron chi connectivity index (χ3n) is 3.83. The van der Waals surface area contributed by atoms with Gasteiger partial charge in [-0.25, -0.2) is 4.79 Å². The van der Waals surface area contributed by atoms with E-state index in [1.807, 2.05) is 6.92 Å². The Bertz CT molecular complexity index is 290. The van der Waals surface area contributed by atoms with Crippen molar-refractivity contribution in [3.63, 3.8) is 0 Å². The molecule has 1 rings (SSSR count). The fraction of sp³-hybridized carbons (Fsp3) is 0.833. The van der Waals surface area contributed by atoms with Crippen LogP contribution in [0.5, 0.6) is 0 Å². The quantitative estimate of drug-likeness (QED) is 0.714. The average molecular weight is 227 g/mol. The van der Waals surface area contributed by atoms with Gasteiger partial charge in [0.15, 0.2) is 11.3 Å². The van der Waals surface area contributed by atoms with E-state index in [-0.39, 0.29) is 24.0 Å². The minimum Gasteiger partial charge on any atom is -0.480 e. The van der Waals surface area contributed by atoms with Crippen LogP contribution >= 0.6 is 0 Å². The lowest BCUT2D eigenvalue weighted by molar-refractivity contribution is -0.150. The fourth-order valence-corrected chi connectivity index (χ4v) is 2.47. The Kier molecular flexibility index (Phi) is 4.08. The van der Waals surface area contributed by atoms with Crippen molar-refractivity contribution in [1.82, 2.24) is 0 Å². The van der Waals surface area contributed by atoms with E-state index in [1.54, 1.807) is 6.92 Å². The number of carboxylic acids is 1. The Balaban J connectivity index is 2.86. The van der Waals surface area contributed by atoms with Crippen LogP contribution in [0.25, 0.3) is 0 Å². The average Bonchev–Trinajstić information content (AvgIpc) is 2.27. The molecule has 92 valence electrons. The summed E-state index contributed by atoms with van der Waals surface area (Å²) in [5.74, 6) is -1.39. The van der Waals surface area contributed by atoms with Crippen LogP contribution in [0.2, 0.25) is 0 Å². The topological polar surface area (TPSA) is 80.4 Å². The van der Waals surface area contributed by atoms with Crippen molar-refractivity contribution in [3.05, 3.63) is 0 Å². The standard InChI is InChI=1S/C12H21NO3/c1-3-12(13,11(15)16)10(14)9-7-5-4-6-8(9)2/h8-9H,3-7,13H2,1-2H3,(H,15,16). The Morgan fingerprint density at radius 1 is 1.38 bits per heavy atom. The van der Waals surface area contributed by atoms with Gasteiger partial charge in [0.25, 0.3) is 0 Å². The molecule has 0 saturated heterocycles. The van der Waals surface area contributed by atoms with E-state index < -0.39 is 11.5 Å². The Hall–Kier alpha value is -0.900. The van der Waals surface area contributed by atoms with Crippen LogP contribution in [0.1, 0.15) is 46.0 Å². The number of carbonyl (C=O) groups is 2. The number of ketones is 1. The summed E-state index contributed by atoms with van der Waals surface area (Å²) in [7, 11) is 0. The minimum absolute atomic E-state index is 0.157. The maximum atomic E-state index is 12.2. The van der Waals surface area contributed by atoms with Crippen molar-refractivity contribution in [2.45, 2.75) is 51.5 Å². The van der Waals surface area contributed by atoms with Crippen molar-refractivity contribution in [2.75, 3.05) is 0 Å². The first-order valence-electron chi connectivity index (χ1n) is 6.00. The van der Waals surface area contributed by atoms with Crippen LogP contribution in [0.4, 0.5) is 0 Å². The van der Waals surface area contributed by atoms with Crippen molar-refractivity contribution in [3.8, 4) is 0 Å². The van der Waals surface area contributed by atoms with Crippen molar-refractivity contribution in [2.24, 2.45) is 17.6 Å². The number of nitrogens with two attached hydrogens (primary N) is 1. The Labute approximate surface area is 96.2 Å². The second kappa shape index (κ2) is 4.95. The molecule has 16 heavy (non-hydrogen) atoms. The lowest BCUT2D eigenvalue weighted by atomic mass is 9.72. The molecule has 3 atom stereocenters. The maximum Gasteiger partial charge on any atom is 0.331 e. The van der Waals surface area contributed by atoms with E-state index in [4.69, 9.17) is 10.8 Å². The summed E-state index contributed by atoms with van der Waals surface area (Å²) in [4.78, 5) is 23.3. The highest BCUT2D eigenvalue weighted by molar-refractivity contribution is 6.08. The van der Waals surface area contributed by atoms with Gasteiger partial charge in [-0.15, -0.1) is 0 Å². The second-order valence-electron chi connectivity index (χ2n) is 4.86. The van der Waals surface area contributed by atoms with Gasteiger partial charge in [-0.2, -0.15) is 0 Å². The lowest BCUT2D eigenvalue weighted by Gasteiger charge is -2.33. The predicted octanol–water partition coefficient (Wildman–Crippen LogP) is 1.57. The first-order valence-corrected chi connectivity index (χ1v) is 6.00. The van der Waals surface area contributed by atoms with E-state index >= 15 is 0 Å². The smallest absolute Gasteiger partial charge is 0.331 e. The Morgan fingerprint density at radius 2 is 1.94 bits per heavy atom. The molecule has 0 aromatic rings. The summed E-state index contributed by atoms with van der Waals surface area (Å²) in [6.45, 7) is 3.67. The SMILES string of the molecule is CCC(N)(C(=O)O)C(=O)C1CCCCC1C. The summed E-state index contributed by atoms with van der Waals surface area (Å²) in [6, 6.07) is 0. The number of Topliss-reactive ketones (excluding diaryl/α,β-unsaturated/α-hetero) is 1. The molecule has 0 aromatic carbocycles. The van der Waals surface area contributed by atoms with Crippen LogP contribution in [0, 0.1) is 11.8 Å². The van der Waals surface area contributed by atoms with Gasteiger partial charge in [0.1, 0.15) is 0 Å². The number of rotatable bonds is 4. The molecule has 3 unspecified atom stereocenters. The highest BCUT2D eigenvalue weighted by Crippen LogP contribution is 2.33. The first-order chi connectivity index (χ1) is 7.43. The molecule has 4 heteroatoms. The summed E-state index contributed by atoms with van der Waals surface area (Å²) >= 11 is 0. The highest BCUT2D eigenvalue weighted by atomic mass is 16.4. The van der Waals surface area contributed by atoms with E-state index in [9.17, 15) is 9.59 Å². The van der Waals surface area contributed by atoms with Crippen molar-refractivity contribution < 1.29 is 14.7 Å². The number of hydrogen-bond donors (Lipinski definition) is 2. The zero-order valence-electron chi connectivity index (χ0n) is 10.0. The van der Waals surface area contributed by atoms with Gasteiger partial charge in [0.2, 0.25) is 0 Å². The number of aliphatic carboxylic acids is 1. The number of carboxylic acid groups (broad SMARTS) is 1. The molecule has 1 fully saturated rings. The molecule has 0 bridgehead atoms. The summed E-state index contributed by atoms with van der Waals surface area (Å²) < 4.78 is 0. The largest absolute Gasteiger partial charge is 0.480 e. The Morgan fingerprint density at radius 3 is 2.38 bits per heavy atom. The van der Waals surface area contributed by atoms with Crippen molar-refractivity contribution >= 4 is 11.8 Å². The fourth-order valence-electron chi connectivity index (χ4n) is 2.47. The first kappa shape index (κ1) is 13.2. The molecule has 0 aliphatic heterocycles. The van der Waals surface area contributed by atoms with Gasteiger partial charge >= 0.3 is 5.97 Å². The van der Waals surface area contributed by atoms with Crippen LogP contribution in [0.15, 0.2) is 0 Å². The zero-order chi connectivity index (χ0) is 12.3. The molecule has 4 nitrogen and oxygen atoms in total. The molecule has 0 heterocycles. The highest BCUT2D eigenvalue weighted by Gasteiger charge is 2.45. The molecule has 0 aromatic heterocycles. The summed E-state index contributed by atoms with van der Waals surface area (Å²) in [5, 5.41) is 9.07. The van der Waals surface area contributed by atoms with Gasteiger partial charge in [-0.3, -0.25) is 4.79 Å². The second-order valence-corrected chi connectivity index (χ2v) is 4.86. The number of carbonyl (C=O) groups excluding carboxylic acids is 1. The van der Waals surface area contributed by atoms with E-state index in [1.165, 1.54) is 0 Å². The molecule has 0 radical (unpaired) electrons. The third kappa shape index (κ3) is 2.26. The van der Waals surface area contributed by atoms with E-state index in [0.717, 1.165) is 25.7 Å². The van der Waals surface area contributed by atoms with Gasteiger partial charge in [-0.1, -0.05) is 33.1 Å². The molecule has 0 amide bonds. The molecular formula is C12H21NO3. The zero-order valence-corrected chi connectivity index (χ0v) is 10.0. The van der Waals surface area contributed by atoms with Crippen LogP contribution < -0.4 is 5.73 Å². The summed E-state index contributed by atoms with van der Waals surface area (Å²) in [5.41, 5.74) is 4.04. The lowest BCUT2D eigenvalue weighted by Crippen LogP contribution is -2.57. The monoisotopic (exact) mass is 227 g/mol. The predicted molar refractivity (Wildman–Crippen MR) is 61.0 cm³/mol. The van der Waals surface area contributed by atoms with E-state index in [2.05, 4.69) is 0 Å². The molecule has 1 aliphatic rings. The normalized spacial score (nSPS) is 29.4. The summed E-state index contributed by atoms with van der Waals surface area (Å²) in [6.07, 6.45) is 4.06. The third-order valence-corrected chi connectivity index (χ3v) is 3.83. The molecule has 0 spiro atoms. The van der Waals surface area contributed by atoms with Gasteiger partial charge in [0.05, 0.1) is 0 Å². The minimum atomic E-state index is -1.68. The number of hydrogen-bond acceptors (Lipinski definition) is 3. The van der Waals surface area contributed by atoms with Crippen LogP contribution in [-0.4, -0.2) is 22.4 Å². The van der Waals surface area contributed by atoms with Gasteiger partial charge in [-0.05, 0) is 18.8 Å². The molecule has 1 aliphatic carbocycles. The van der Waals surface area contributed by atoms with Gasteiger partial charge in [0, 0.05) is 5.92 Å². The molecule has 3 N–H and O–H groups in total. The van der Waals surface area contributed by atoms with Crippen LogP contribution in [-0.2, 0) is 9.59 Å². The van der Waals surface area contributed by atoms with Crippen LogP contribution in [0.3, 0.4) is 0 Å². The van der Waals surface area contributed by atoms with Crippen molar-refractivity contribution in [1.29, 1.82) is 0 Å².